The standard InChI is InChI=1S/C11H16N4O6/c1-11(2)9(20)13-7(17)4-15(11)10(21)14(3-6(12)16)5-8(18)19/h3-5H2,1-2H3,(H2,12,16)(H,18,19)(H,13,17,20). The van der Waals surface area contributed by atoms with E-state index < -0.39 is 54.9 Å². The summed E-state index contributed by atoms with van der Waals surface area (Å²) in [5.41, 5.74) is 3.61. The molecule has 1 rings (SSSR count). The van der Waals surface area contributed by atoms with Crippen LogP contribution in [0.4, 0.5) is 4.79 Å². The van der Waals surface area contributed by atoms with Crippen LogP contribution in [-0.2, 0) is 19.2 Å². The van der Waals surface area contributed by atoms with E-state index in [0.29, 0.717) is 4.90 Å². The summed E-state index contributed by atoms with van der Waals surface area (Å²) in [6, 6.07) is -0.926. The number of hydrogen-bond donors (Lipinski definition) is 3. The number of nitrogens with two attached hydrogens (primary N) is 1. The summed E-state index contributed by atoms with van der Waals surface area (Å²) < 4.78 is 0. The van der Waals surface area contributed by atoms with Gasteiger partial charge in [-0.15, -0.1) is 0 Å². The molecule has 116 valence electrons. The van der Waals surface area contributed by atoms with Crippen LogP contribution in [0.2, 0.25) is 0 Å². The Kier molecular flexibility index (Phi) is 4.51. The minimum Gasteiger partial charge on any atom is -0.480 e. The SMILES string of the molecule is CC1(C)C(=O)NC(=O)CN1C(=O)N(CC(N)=O)CC(=O)O. The predicted molar refractivity (Wildman–Crippen MR) is 67.7 cm³/mol. The highest BCUT2D eigenvalue weighted by molar-refractivity contribution is 6.06. The Morgan fingerprint density at radius 3 is 2.38 bits per heavy atom. The average Bonchev–Trinajstić information content (AvgIpc) is 2.31. The molecule has 5 amide bonds. The molecule has 10 nitrogen and oxygen atoms in total. The van der Waals surface area contributed by atoms with Gasteiger partial charge < -0.3 is 20.6 Å². The van der Waals surface area contributed by atoms with Crippen molar-refractivity contribution in [3.63, 3.8) is 0 Å². The van der Waals surface area contributed by atoms with Crippen molar-refractivity contribution in [2.45, 2.75) is 19.4 Å². The fourth-order valence-electron chi connectivity index (χ4n) is 1.80. The van der Waals surface area contributed by atoms with Crippen LogP contribution >= 0.6 is 0 Å². The largest absolute Gasteiger partial charge is 0.480 e. The molecule has 1 fully saturated rings. The number of amides is 5. The first-order chi connectivity index (χ1) is 9.55. The predicted octanol–water partition coefficient (Wildman–Crippen LogP) is -2.28. The first-order valence-corrected chi connectivity index (χ1v) is 5.96. The third-order valence-electron chi connectivity index (χ3n) is 2.96. The van der Waals surface area contributed by atoms with E-state index in [9.17, 15) is 24.0 Å². The molecule has 0 spiro atoms. The molecule has 21 heavy (non-hydrogen) atoms. The third-order valence-corrected chi connectivity index (χ3v) is 2.96. The highest BCUT2D eigenvalue weighted by Crippen LogP contribution is 2.20. The molecule has 1 aliphatic heterocycles. The number of urea groups is 1. The van der Waals surface area contributed by atoms with E-state index in [1.807, 2.05) is 0 Å². The number of imide groups is 1. The van der Waals surface area contributed by atoms with Gasteiger partial charge in [0.05, 0.1) is 0 Å². The smallest absolute Gasteiger partial charge is 0.323 e. The Hall–Kier alpha value is -2.65. The van der Waals surface area contributed by atoms with E-state index >= 15 is 0 Å². The monoisotopic (exact) mass is 300 g/mol. The van der Waals surface area contributed by atoms with Gasteiger partial charge in [-0.05, 0) is 13.8 Å². The summed E-state index contributed by atoms with van der Waals surface area (Å²) in [6.45, 7) is 0.968. The number of carbonyl (C=O) groups is 5. The molecule has 10 heteroatoms. The number of carboxylic acid groups (broad SMARTS) is 1. The van der Waals surface area contributed by atoms with E-state index in [2.05, 4.69) is 5.32 Å². The number of aliphatic carboxylic acids is 1. The number of piperazine rings is 1. The van der Waals surface area contributed by atoms with Crippen LogP contribution in [0.25, 0.3) is 0 Å². The van der Waals surface area contributed by atoms with Gasteiger partial charge >= 0.3 is 12.0 Å². The molecule has 0 aromatic rings. The zero-order valence-electron chi connectivity index (χ0n) is 11.6. The Morgan fingerprint density at radius 2 is 1.90 bits per heavy atom. The Morgan fingerprint density at radius 1 is 1.33 bits per heavy atom. The van der Waals surface area contributed by atoms with Crippen LogP contribution < -0.4 is 11.1 Å². The van der Waals surface area contributed by atoms with Crippen LogP contribution in [0.15, 0.2) is 0 Å². The lowest BCUT2D eigenvalue weighted by atomic mass is 9.99. The first kappa shape index (κ1) is 16.4. The molecule has 0 saturated carbocycles. The van der Waals surface area contributed by atoms with Gasteiger partial charge in [0, 0.05) is 0 Å². The zero-order valence-corrected chi connectivity index (χ0v) is 11.6. The van der Waals surface area contributed by atoms with Gasteiger partial charge in [0.15, 0.2) is 0 Å². The summed E-state index contributed by atoms with van der Waals surface area (Å²) in [5, 5.41) is 10.8. The Labute approximate surface area is 119 Å². The maximum Gasteiger partial charge on any atom is 0.323 e. The molecule has 1 saturated heterocycles. The third kappa shape index (κ3) is 3.68. The maximum atomic E-state index is 12.3. The van der Waals surface area contributed by atoms with Crippen molar-refractivity contribution in [2.24, 2.45) is 5.73 Å². The summed E-state index contributed by atoms with van der Waals surface area (Å²) in [6.07, 6.45) is 0. The van der Waals surface area contributed by atoms with E-state index in [1.165, 1.54) is 13.8 Å². The van der Waals surface area contributed by atoms with E-state index in [-0.39, 0.29) is 0 Å². The number of nitrogens with one attached hydrogen (secondary N) is 1. The van der Waals surface area contributed by atoms with Gasteiger partial charge in [0.2, 0.25) is 11.8 Å². The van der Waals surface area contributed by atoms with Crippen LogP contribution in [0.1, 0.15) is 13.8 Å². The van der Waals surface area contributed by atoms with Crippen molar-refractivity contribution in [2.75, 3.05) is 19.6 Å². The Balaban J connectivity index is 3.05. The van der Waals surface area contributed by atoms with Crippen LogP contribution in [0, 0.1) is 0 Å². The Bertz CT molecular complexity index is 499. The van der Waals surface area contributed by atoms with Crippen molar-refractivity contribution in [3.8, 4) is 0 Å². The molecule has 0 aliphatic carbocycles. The van der Waals surface area contributed by atoms with Crippen molar-refractivity contribution < 1.29 is 29.1 Å². The fraction of sp³-hybridized carbons (Fsp3) is 0.545. The second kappa shape index (κ2) is 5.77. The molecular weight excluding hydrogens is 284 g/mol. The lowest BCUT2D eigenvalue weighted by molar-refractivity contribution is -0.143. The van der Waals surface area contributed by atoms with Crippen LogP contribution in [0.5, 0.6) is 0 Å². The average molecular weight is 300 g/mol. The fourth-order valence-corrected chi connectivity index (χ4v) is 1.80. The first-order valence-electron chi connectivity index (χ1n) is 5.96. The van der Waals surface area contributed by atoms with E-state index in [1.54, 1.807) is 0 Å². The van der Waals surface area contributed by atoms with Crippen LogP contribution in [-0.4, -0.2) is 69.8 Å². The minimum atomic E-state index is -1.36. The topological polar surface area (TPSA) is 150 Å². The lowest BCUT2D eigenvalue weighted by Gasteiger charge is -2.41. The second-order valence-electron chi connectivity index (χ2n) is 5.02. The summed E-state index contributed by atoms with van der Waals surface area (Å²) in [5.74, 6) is -3.64. The van der Waals surface area contributed by atoms with Gasteiger partial charge in [-0.25, -0.2) is 4.79 Å². The maximum absolute atomic E-state index is 12.3. The van der Waals surface area contributed by atoms with Gasteiger partial charge in [0.1, 0.15) is 25.2 Å². The molecule has 4 N–H and O–H groups in total. The molecule has 1 aliphatic rings. The molecule has 0 bridgehead atoms. The number of hydrogen-bond acceptors (Lipinski definition) is 5. The van der Waals surface area contributed by atoms with Gasteiger partial charge in [-0.2, -0.15) is 0 Å². The summed E-state index contributed by atoms with van der Waals surface area (Å²) in [4.78, 5) is 58.7. The highest BCUT2D eigenvalue weighted by Gasteiger charge is 2.45. The molecule has 0 atom stereocenters. The van der Waals surface area contributed by atoms with Crippen LogP contribution in [0.3, 0.4) is 0 Å². The van der Waals surface area contributed by atoms with Crippen molar-refractivity contribution in [3.05, 3.63) is 0 Å². The number of rotatable bonds is 4. The van der Waals surface area contributed by atoms with E-state index in [0.717, 1.165) is 4.90 Å². The second-order valence-corrected chi connectivity index (χ2v) is 5.02. The van der Waals surface area contributed by atoms with Gasteiger partial charge in [0.25, 0.3) is 5.91 Å². The number of primary amides is 1. The van der Waals surface area contributed by atoms with Crippen molar-refractivity contribution in [1.29, 1.82) is 0 Å². The van der Waals surface area contributed by atoms with Crippen molar-refractivity contribution in [1.82, 2.24) is 15.1 Å². The number of carbonyl (C=O) groups excluding carboxylic acids is 4. The highest BCUT2D eigenvalue weighted by atomic mass is 16.4. The molecule has 0 radical (unpaired) electrons. The van der Waals surface area contributed by atoms with E-state index in [4.69, 9.17) is 10.8 Å². The van der Waals surface area contributed by atoms with Crippen molar-refractivity contribution >= 4 is 29.7 Å². The molecule has 0 unspecified atom stereocenters. The minimum absolute atomic E-state index is 0.424. The summed E-state index contributed by atoms with van der Waals surface area (Å²) >= 11 is 0. The molecule has 1 heterocycles. The normalized spacial score (nSPS) is 17.1. The van der Waals surface area contributed by atoms with Gasteiger partial charge in [-0.1, -0.05) is 0 Å². The lowest BCUT2D eigenvalue weighted by Crippen LogP contribution is -2.67. The molecule has 0 aromatic heterocycles. The summed E-state index contributed by atoms with van der Waals surface area (Å²) in [7, 11) is 0. The zero-order chi connectivity index (χ0) is 16.4. The molecule has 0 aromatic carbocycles. The number of nitrogens with zero attached hydrogens (tertiary/aromatic N) is 2. The number of carboxylic acids is 1. The molecular formula is C11H16N4O6. The van der Waals surface area contributed by atoms with Gasteiger partial charge in [-0.3, -0.25) is 24.5 Å². The quantitative estimate of drug-likeness (QED) is 0.497.